The van der Waals surface area contributed by atoms with Crippen LogP contribution in [0.25, 0.3) is 10.2 Å². The monoisotopic (exact) mass is 457 g/mol. The van der Waals surface area contributed by atoms with Crippen molar-refractivity contribution >= 4 is 32.6 Å². The number of nitrogens with zero attached hydrogens (tertiary/aromatic N) is 3. The molecule has 8 heteroatoms. The summed E-state index contributed by atoms with van der Waals surface area (Å²) in [7, 11) is 7.28. The number of fused-ring (bicyclic) bond motifs is 1. The molecular weight excluding hydrogens is 426 g/mol. The van der Waals surface area contributed by atoms with Gasteiger partial charge in [0.25, 0.3) is 5.91 Å². The number of hydrogen-bond donors (Lipinski definition) is 0. The standard InChI is InChI=1S/C24H31N3O4S/c1-16(2)31-18-10-8-17(9-11-18)23(28)27(15-7-14-26(3)4)24-25-21-19(29-5)12-13-20(30-6)22(21)32-24/h8-13,16H,7,14-15H2,1-6H3. The van der Waals surface area contributed by atoms with E-state index in [1.165, 1.54) is 11.3 Å². The van der Waals surface area contributed by atoms with Crippen LogP contribution in [0.5, 0.6) is 17.2 Å². The minimum absolute atomic E-state index is 0.0757. The van der Waals surface area contributed by atoms with Crippen LogP contribution in [-0.4, -0.2) is 63.3 Å². The summed E-state index contributed by atoms with van der Waals surface area (Å²) in [5.41, 5.74) is 1.28. The molecule has 0 N–H and O–H groups in total. The lowest BCUT2D eigenvalue weighted by atomic mass is 10.2. The normalized spacial score (nSPS) is 11.2. The van der Waals surface area contributed by atoms with Crippen LogP contribution in [0.2, 0.25) is 0 Å². The molecule has 0 aliphatic rings. The van der Waals surface area contributed by atoms with Gasteiger partial charge in [-0.1, -0.05) is 11.3 Å². The van der Waals surface area contributed by atoms with Gasteiger partial charge < -0.3 is 19.1 Å². The Morgan fingerprint density at radius 1 is 1.00 bits per heavy atom. The molecule has 1 amide bonds. The summed E-state index contributed by atoms with van der Waals surface area (Å²) in [6, 6.07) is 10.9. The first-order valence-electron chi connectivity index (χ1n) is 10.6. The molecule has 32 heavy (non-hydrogen) atoms. The Morgan fingerprint density at radius 2 is 1.66 bits per heavy atom. The zero-order valence-electron chi connectivity index (χ0n) is 19.5. The number of rotatable bonds is 10. The van der Waals surface area contributed by atoms with Gasteiger partial charge >= 0.3 is 0 Å². The molecule has 0 saturated carbocycles. The number of anilines is 1. The second kappa shape index (κ2) is 10.7. The van der Waals surface area contributed by atoms with Crippen LogP contribution >= 0.6 is 11.3 Å². The van der Waals surface area contributed by atoms with E-state index in [1.807, 2.05) is 52.2 Å². The third-order valence-electron chi connectivity index (χ3n) is 4.84. The Morgan fingerprint density at radius 3 is 2.25 bits per heavy atom. The molecule has 0 saturated heterocycles. The number of carbonyl (C=O) groups is 1. The van der Waals surface area contributed by atoms with Crippen molar-refractivity contribution in [3.63, 3.8) is 0 Å². The number of aromatic nitrogens is 1. The maximum absolute atomic E-state index is 13.5. The third kappa shape index (κ3) is 5.49. The third-order valence-corrected chi connectivity index (χ3v) is 5.93. The summed E-state index contributed by atoms with van der Waals surface area (Å²) < 4.78 is 17.6. The molecule has 0 atom stereocenters. The summed E-state index contributed by atoms with van der Waals surface area (Å²) in [6.07, 6.45) is 0.893. The smallest absolute Gasteiger partial charge is 0.260 e. The highest BCUT2D eigenvalue weighted by Crippen LogP contribution is 2.40. The molecule has 172 valence electrons. The summed E-state index contributed by atoms with van der Waals surface area (Å²) in [6.45, 7) is 5.36. The molecule has 1 aromatic heterocycles. The zero-order valence-corrected chi connectivity index (χ0v) is 20.4. The van der Waals surface area contributed by atoms with Crippen molar-refractivity contribution in [3.05, 3.63) is 42.0 Å². The molecule has 3 aromatic rings. The van der Waals surface area contributed by atoms with Crippen molar-refractivity contribution < 1.29 is 19.0 Å². The van der Waals surface area contributed by atoms with E-state index in [4.69, 9.17) is 19.2 Å². The SMILES string of the molecule is COc1ccc(OC)c2sc(N(CCCN(C)C)C(=O)c3ccc(OC(C)C)cc3)nc12. The van der Waals surface area contributed by atoms with E-state index < -0.39 is 0 Å². The van der Waals surface area contributed by atoms with E-state index in [9.17, 15) is 4.79 Å². The highest BCUT2D eigenvalue weighted by molar-refractivity contribution is 7.22. The van der Waals surface area contributed by atoms with Gasteiger partial charge in [-0.25, -0.2) is 4.98 Å². The molecule has 0 unspecified atom stereocenters. The molecule has 0 spiro atoms. The van der Waals surface area contributed by atoms with E-state index in [2.05, 4.69) is 4.90 Å². The molecule has 0 radical (unpaired) electrons. The van der Waals surface area contributed by atoms with Gasteiger partial charge in [0, 0.05) is 12.1 Å². The van der Waals surface area contributed by atoms with Gasteiger partial charge in [0.05, 0.1) is 20.3 Å². The van der Waals surface area contributed by atoms with Crippen LogP contribution in [0.3, 0.4) is 0 Å². The van der Waals surface area contributed by atoms with E-state index in [-0.39, 0.29) is 12.0 Å². The molecule has 0 aliphatic heterocycles. The zero-order chi connectivity index (χ0) is 23.3. The summed E-state index contributed by atoms with van der Waals surface area (Å²) in [5, 5.41) is 0.620. The molecule has 7 nitrogen and oxygen atoms in total. The Bertz CT molecular complexity index is 1010. The van der Waals surface area contributed by atoms with Gasteiger partial charge in [0.2, 0.25) is 0 Å². The lowest BCUT2D eigenvalue weighted by Crippen LogP contribution is -2.33. The first kappa shape index (κ1) is 23.8. The van der Waals surface area contributed by atoms with Crippen molar-refractivity contribution in [2.24, 2.45) is 0 Å². The van der Waals surface area contributed by atoms with Crippen molar-refractivity contribution in [3.8, 4) is 17.2 Å². The lowest BCUT2D eigenvalue weighted by Gasteiger charge is -2.21. The largest absolute Gasteiger partial charge is 0.495 e. The first-order chi connectivity index (χ1) is 15.3. The minimum Gasteiger partial charge on any atom is -0.495 e. The van der Waals surface area contributed by atoms with Gasteiger partial charge in [-0.15, -0.1) is 0 Å². The number of hydrogen-bond acceptors (Lipinski definition) is 7. The van der Waals surface area contributed by atoms with Crippen molar-refractivity contribution in [2.75, 3.05) is 46.3 Å². The first-order valence-corrected chi connectivity index (χ1v) is 11.4. The van der Waals surface area contributed by atoms with Crippen molar-refractivity contribution in [1.82, 2.24) is 9.88 Å². The van der Waals surface area contributed by atoms with Crippen molar-refractivity contribution in [2.45, 2.75) is 26.4 Å². The average molecular weight is 458 g/mol. The fourth-order valence-electron chi connectivity index (χ4n) is 3.32. The fraction of sp³-hybridized carbons (Fsp3) is 0.417. The summed E-state index contributed by atoms with van der Waals surface area (Å²) in [4.78, 5) is 22.1. The number of amides is 1. The van der Waals surface area contributed by atoms with Gasteiger partial charge in [-0.2, -0.15) is 0 Å². The molecule has 1 heterocycles. The fourth-order valence-corrected chi connectivity index (χ4v) is 4.42. The number of thiazole rings is 1. The van der Waals surface area contributed by atoms with Crippen LogP contribution in [0, 0.1) is 0 Å². The number of benzene rings is 2. The van der Waals surface area contributed by atoms with Crippen LogP contribution in [-0.2, 0) is 0 Å². The van der Waals surface area contributed by atoms with E-state index in [0.29, 0.717) is 34.3 Å². The number of methoxy groups -OCH3 is 2. The minimum atomic E-state index is -0.100. The average Bonchev–Trinajstić information content (AvgIpc) is 3.20. The Labute approximate surface area is 193 Å². The van der Waals surface area contributed by atoms with Gasteiger partial charge in [-0.05, 0) is 77.3 Å². The molecule has 2 aromatic carbocycles. The molecule has 0 bridgehead atoms. The summed E-state index contributed by atoms with van der Waals surface area (Å²) >= 11 is 1.43. The number of ether oxygens (including phenoxy) is 3. The van der Waals surface area contributed by atoms with Gasteiger partial charge in [0.15, 0.2) is 5.13 Å². The van der Waals surface area contributed by atoms with Gasteiger partial charge in [0.1, 0.15) is 27.5 Å². The Hall–Kier alpha value is -2.84. The van der Waals surface area contributed by atoms with Crippen LogP contribution in [0.15, 0.2) is 36.4 Å². The second-order valence-corrected chi connectivity index (χ2v) is 8.93. The molecule has 3 rings (SSSR count). The highest BCUT2D eigenvalue weighted by Gasteiger charge is 2.23. The topological polar surface area (TPSA) is 64.1 Å². The van der Waals surface area contributed by atoms with Gasteiger partial charge in [-0.3, -0.25) is 9.69 Å². The predicted molar refractivity (Wildman–Crippen MR) is 130 cm³/mol. The van der Waals surface area contributed by atoms with E-state index in [0.717, 1.165) is 23.4 Å². The Kier molecular flexibility index (Phi) is 7.93. The predicted octanol–water partition coefficient (Wildman–Crippen LogP) is 4.70. The van der Waals surface area contributed by atoms with E-state index >= 15 is 0 Å². The molecule has 0 fully saturated rings. The number of carbonyl (C=O) groups excluding carboxylic acids is 1. The second-order valence-electron chi connectivity index (χ2n) is 7.95. The Balaban J connectivity index is 1.97. The van der Waals surface area contributed by atoms with Crippen LogP contribution < -0.4 is 19.1 Å². The maximum Gasteiger partial charge on any atom is 0.260 e. The quantitative estimate of drug-likeness (QED) is 0.440. The molecular formula is C24H31N3O4S. The highest BCUT2D eigenvalue weighted by atomic mass is 32.1. The van der Waals surface area contributed by atoms with Crippen molar-refractivity contribution in [1.29, 1.82) is 0 Å². The van der Waals surface area contributed by atoms with Crippen LogP contribution in [0.4, 0.5) is 5.13 Å². The maximum atomic E-state index is 13.5. The summed E-state index contributed by atoms with van der Waals surface area (Å²) in [5.74, 6) is 2.00. The lowest BCUT2D eigenvalue weighted by molar-refractivity contribution is 0.0986. The molecule has 0 aliphatic carbocycles. The van der Waals surface area contributed by atoms with E-state index in [1.54, 1.807) is 31.3 Å². The van der Waals surface area contributed by atoms with Crippen LogP contribution in [0.1, 0.15) is 30.6 Å².